The number of furan rings is 1. The summed E-state index contributed by atoms with van der Waals surface area (Å²) < 4.78 is 6.49. The van der Waals surface area contributed by atoms with Crippen LogP contribution >= 0.6 is 11.8 Å². The van der Waals surface area contributed by atoms with Gasteiger partial charge in [-0.2, -0.15) is 0 Å². The van der Waals surface area contributed by atoms with Crippen molar-refractivity contribution in [2.75, 3.05) is 18.1 Å². The van der Waals surface area contributed by atoms with Crippen LogP contribution < -0.4 is 11.2 Å². The van der Waals surface area contributed by atoms with Gasteiger partial charge in [0.1, 0.15) is 0 Å². The highest BCUT2D eigenvalue weighted by Gasteiger charge is 2.14. The molecule has 0 aliphatic rings. The van der Waals surface area contributed by atoms with E-state index in [0.717, 1.165) is 0 Å². The number of nitrogens with one attached hydrogen (secondary N) is 1. The van der Waals surface area contributed by atoms with Crippen molar-refractivity contribution in [1.82, 2.24) is 20.2 Å². The van der Waals surface area contributed by atoms with Crippen LogP contribution in [-0.4, -0.2) is 33.1 Å². The van der Waals surface area contributed by atoms with Gasteiger partial charge in [-0.1, -0.05) is 11.8 Å². The Morgan fingerprint density at radius 1 is 1.61 bits per heavy atom. The average molecular weight is 267 g/mol. The molecule has 0 aliphatic carbocycles. The van der Waals surface area contributed by atoms with Gasteiger partial charge in [-0.3, -0.25) is 4.79 Å². The van der Waals surface area contributed by atoms with Crippen molar-refractivity contribution in [2.45, 2.75) is 12.1 Å². The van der Waals surface area contributed by atoms with Crippen molar-refractivity contribution in [3.05, 3.63) is 18.4 Å². The molecule has 0 radical (unpaired) electrons. The van der Waals surface area contributed by atoms with Crippen LogP contribution in [0.25, 0.3) is 11.6 Å². The molecule has 0 saturated heterocycles. The van der Waals surface area contributed by atoms with Crippen molar-refractivity contribution in [1.29, 1.82) is 0 Å². The molecular weight excluding hydrogens is 254 g/mol. The number of hydrogen-bond acceptors (Lipinski definition) is 6. The van der Waals surface area contributed by atoms with Gasteiger partial charge in [-0.15, -0.1) is 10.2 Å². The molecule has 0 aromatic carbocycles. The topological polar surface area (TPSA) is 99.0 Å². The van der Waals surface area contributed by atoms with Crippen LogP contribution in [0.2, 0.25) is 0 Å². The summed E-state index contributed by atoms with van der Waals surface area (Å²) in [6.07, 6.45) is 1.53. The zero-order valence-corrected chi connectivity index (χ0v) is 10.6. The number of aromatic nitrogens is 3. The lowest BCUT2D eigenvalue weighted by molar-refractivity contribution is -0.118. The van der Waals surface area contributed by atoms with Gasteiger partial charge in [0.25, 0.3) is 0 Å². The third-order valence-electron chi connectivity index (χ3n) is 2.11. The fraction of sp³-hybridized carbons (Fsp3) is 0.300. The number of hydrogen-bond donors (Lipinski definition) is 2. The lowest BCUT2D eigenvalue weighted by Gasteiger charge is -2.02. The second-order valence-corrected chi connectivity index (χ2v) is 4.34. The summed E-state index contributed by atoms with van der Waals surface area (Å²) in [5.74, 6) is 6.99. The van der Waals surface area contributed by atoms with Crippen molar-refractivity contribution < 1.29 is 9.21 Å². The lowest BCUT2D eigenvalue weighted by atomic mass is 10.4. The molecule has 3 N–H and O–H groups in total. The number of nitrogens with zero attached hydrogens (tertiary/aromatic N) is 3. The summed E-state index contributed by atoms with van der Waals surface area (Å²) in [6.45, 7) is 2.47. The van der Waals surface area contributed by atoms with Gasteiger partial charge in [-0.05, 0) is 19.1 Å². The van der Waals surface area contributed by atoms with E-state index in [0.29, 0.717) is 23.3 Å². The molecule has 96 valence electrons. The third kappa shape index (κ3) is 2.65. The predicted octanol–water partition coefficient (Wildman–Crippen LogP) is 0.480. The Hall–Kier alpha value is -1.96. The zero-order valence-electron chi connectivity index (χ0n) is 9.79. The monoisotopic (exact) mass is 267 g/mol. The highest BCUT2D eigenvalue weighted by Crippen LogP contribution is 2.21. The van der Waals surface area contributed by atoms with Crippen LogP contribution in [0.5, 0.6) is 0 Å². The number of thioether (sulfide) groups is 1. The van der Waals surface area contributed by atoms with Crippen LogP contribution in [0.4, 0.5) is 0 Å². The molecule has 8 heteroatoms. The first-order valence-corrected chi connectivity index (χ1v) is 6.34. The first-order valence-electron chi connectivity index (χ1n) is 5.36. The summed E-state index contributed by atoms with van der Waals surface area (Å²) in [5.41, 5.74) is 0. The van der Waals surface area contributed by atoms with E-state index in [-0.39, 0.29) is 11.7 Å². The fourth-order valence-electron chi connectivity index (χ4n) is 1.33. The van der Waals surface area contributed by atoms with Crippen molar-refractivity contribution in [3.8, 4) is 11.6 Å². The van der Waals surface area contributed by atoms with E-state index >= 15 is 0 Å². The maximum Gasteiger partial charge on any atom is 0.230 e. The second kappa shape index (κ2) is 5.58. The maximum absolute atomic E-state index is 11.3. The molecular formula is C10H13N5O2S. The second-order valence-electron chi connectivity index (χ2n) is 3.40. The molecule has 18 heavy (non-hydrogen) atoms. The lowest BCUT2D eigenvalue weighted by Crippen LogP contribution is -2.24. The molecule has 7 nitrogen and oxygen atoms in total. The Bertz CT molecular complexity index is 522. The number of nitrogen functional groups attached to an aromatic ring is 1. The summed E-state index contributed by atoms with van der Waals surface area (Å²) >= 11 is 1.22. The van der Waals surface area contributed by atoms with Crippen molar-refractivity contribution >= 4 is 17.7 Å². The van der Waals surface area contributed by atoms with Gasteiger partial charge in [-0.25, -0.2) is 4.68 Å². The fourth-order valence-corrected chi connectivity index (χ4v) is 2.01. The molecule has 0 saturated carbocycles. The number of carbonyl (C=O) groups excluding carboxylic acids is 1. The van der Waals surface area contributed by atoms with E-state index < -0.39 is 0 Å². The van der Waals surface area contributed by atoms with Crippen molar-refractivity contribution in [3.63, 3.8) is 0 Å². The molecule has 0 atom stereocenters. The molecule has 2 rings (SSSR count). The highest BCUT2D eigenvalue weighted by molar-refractivity contribution is 7.99. The molecule has 0 bridgehead atoms. The van der Waals surface area contributed by atoms with E-state index in [4.69, 9.17) is 10.3 Å². The van der Waals surface area contributed by atoms with E-state index in [9.17, 15) is 4.79 Å². The quantitative estimate of drug-likeness (QED) is 0.604. The SMILES string of the molecule is CCNC(=O)CSc1nnc(-c2ccco2)n1N. The van der Waals surface area contributed by atoms with Crippen LogP contribution in [0.3, 0.4) is 0 Å². The van der Waals surface area contributed by atoms with Gasteiger partial charge in [0, 0.05) is 6.54 Å². The first-order chi connectivity index (χ1) is 8.72. The number of nitrogens with two attached hydrogens (primary N) is 1. The normalized spacial score (nSPS) is 10.5. The minimum atomic E-state index is -0.0648. The molecule has 0 aliphatic heterocycles. The van der Waals surface area contributed by atoms with Gasteiger partial charge in [0.15, 0.2) is 5.76 Å². The van der Waals surface area contributed by atoms with E-state index in [1.54, 1.807) is 12.1 Å². The predicted molar refractivity (Wildman–Crippen MR) is 67.3 cm³/mol. The molecule has 2 heterocycles. The molecule has 1 amide bonds. The third-order valence-corrected chi connectivity index (χ3v) is 3.06. The number of carbonyl (C=O) groups is 1. The van der Waals surface area contributed by atoms with E-state index in [2.05, 4.69) is 15.5 Å². The highest BCUT2D eigenvalue weighted by atomic mass is 32.2. The molecule has 2 aromatic heterocycles. The Kier molecular flexibility index (Phi) is 3.88. The summed E-state index contributed by atoms with van der Waals surface area (Å²) in [4.78, 5) is 11.3. The van der Waals surface area contributed by atoms with Crippen LogP contribution in [-0.2, 0) is 4.79 Å². The Morgan fingerprint density at radius 3 is 3.11 bits per heavy atom. The average Bonchev–Trinajstić information content (AvgIpc) is 2.96. The minimum absolute atomic E-state index is 0.0648. The number of amides is 1. The minimum Gasteiger partial charge on any atom is -0.461 e. The van der Waals surface area contributed by atoms with Crippen molar-refractivity contribution in [2.24, 2.45) is 0 Å². The van der Waals surface area contributed by atoms with E-state index in [1.807, 2.05) is 6.92 Å². The Labute approximate surface area is 108 Å². The van der Waals surface area contributed by atoms with E-state index in [1.165, 1.54) is 22.7 Å². The molecule has 0 unspecified atom stereocenters. The Balaban J connectivity index is 2.05. The smallest absolute Gasteiger partial charge is 0.230 e. The van der Waals surface area contributed by atoms with Crippen LogP contribution in [0.1, 0.15) is 6.92 Å². The first kappa shape index (κ1) is 12.5. The van der Waals surface area contributed by atoms with Crippen LogP contribution in [0, 0.1) is 0 Å². The summed E-state index contributed by atoms with van der Waals surface area (Å²) in [7, 11) is 0. The maximum atomic E-state index is 11.3. The van der Waals surface area contributed by atoms with Gasteiger partial charge >= 0.3 is 0 Å². The Morgan fingerprint density at radius 2 is 2.44 bits per heavy atom. The molecule has 2 aromatic rings. The van der Waals surface area contributed by atoms with Gasteiger partial charge < -0.3 is 15.6 Å². The largest absolute Gasteiger partial charge is 0.461 e. The van der Waals surface area contributed by atoms with Gasteiger partial charge in [0.2, 0.25) is 16.9 Å². The summed E-state index contributed by atoms with van der Waals surface area (Å²) in [5, 5.41) is 11.0. The van der Waals surface area contributed by atoms with Crippen LogP contribution in [0.15, 0.2) is 28.0 Å². The number of rotatable bonds is 5. The molecule has 0 fully saturated rings. The summed E-state index contributed by atoms with van der Waals surface area (Å²) in [6, 6.07) is 3.48. The van der Waals surface area contributed by atoms with Gasteiger partial charge in [0.05, 0.1) is 12.0 Å². The standard InChI is InChI=1S/C10H13N5O2S/c1-2-12-8(16)6-18-10-14-13-9(15(10)11)7-4-3-5-17-7/h3-5H,2,6,11H2,1H3,(H,12,16). The zero-order chi connectivity index (χ0) is 13.0. The molecule has 0 spiro atoms.